The third kappa shape index (κ3) is 5.28. The Balaban J connectivity index is 1.59. The highest BCUT2D eigenvalue weighted by Gasteiger charge is 1.96. The van der Waals surface area contributed by atoms with Crippen LogP contribution in [0.1, 0.15) is 12.0 Å². The molecule has 0 saturated heterocycles. The first-order valence-electron chi connectivity index (χ1n) is 6.73. The van der Waals surface area contributed by atoms with Crippen molar-refractivity contribution in [3.8, 4) is 0 Å². The standard InChI is InChI=1S/C16H19N3S/c20-16(19-18-15-11-5-2-6-12-15)17-13-7-10-14-8-3-1-4-9-14/h1-6,8-9,11-12,18H,7,10,13H2,(H2,17,19,20). The lowest BCUT2D eigenvalue weighted by Gasteiger charge is -2.12. The Kier molecular flexibility index (Phi) is 5.86. The monoisotopic (exact) mass is 285 g/mol. The predicted molar refractivity (Wildman–Crippen MR) is 88.6 cm³/mol. The highest BCUT2D eigenvalue weighted by molar-refractivity contribution is 7.80. The zero-order chi connectivity index (χ0) is 14.0. The molecule has 20 heavy (non-hydrogen) atoms. The minimum absolute atomic E-state index is 0.613. The van der Waals surface area contributed by atoms with Gasteiger partial charge in [0.25, 0.3) is 0 Å². The third-order valence-corrected chi connectivity index (χ3v) is 3.11. The molecule has 0 amide bonds. The Morgan fingerprint density at radius 2 is 1.55 bits per heavy atom. The second-order valence-corrected chi connectivity index (χ2v) is 4.87. The van der Waals surface area contributed by atoms with Gasteiger partial charge >= 0.3 is 0 Å². The molecule has 3 N–H and O–H groups in total. The summed E-state index contributed by atoms with van der Waals surface area (Å²) >= 11 is 5.20. The molecule has 2 rings (SSSR count). The fourth-order valence-electron chi connectivity index (χ4n) is 1.83. The Labute approximate surface area is 125 Å². The van der Waals surface area contributed by atoms with Crippen molar-refractivity contribution in [1.29, 1.82) is 0 Å². The van der Waals surface area contributed by atoms with E-state index in [-0.39, 0.29) is 0 Å². The zero-order valence-electron chi connectivity index (χ0n) is 11.3. The van der Waals surface area contributed by atoms with Gasteiger partial charge < -0.3 is 5.32 Å². The molecule has 2 aromatic rings. The number of benzene rings is 2. The minimum Gasteiger partial charge on any atom is -0.361 e. The van der Waals surface area contributed by atoms with E-state index in [9.17, 15) is 0 Å². The van der Waals surface area contributed by atoms with Crippen LogP contribution < -0.4 is 16.2 Å². The molecule has 3 nitrogen and oxygen atoms in total. The summed E-state index contributed by atoms with van der Waals surface area (Å²) in [6.45, 7) is 0.858. The fraction of sp³-hybridized carbons (Fsp3) is 0.188. The van der Waals surface area contributed by atoms with Crippen LogP contribution in [0.2, 0.25) is 0 Å². The summed E-state index contributed by atoms with van der Waals surface area (Å²) in [6, 6.07) is 20.3. The van der Waals surface area contributed by atoms with Crippen LogP contribution >= 0.6 is 12.2 Å². The summed E-state index contributed by atoms with van der Waals surface area (Å²) in [5.74, 6) is 0. The lowest BCUT2D eigenvalue weighted by atomic mass is 10.1. The van der Waals surface area contributed by atoms with Crippen molar-refractivity contribution in [2.24, 2.45) is 0 Å². The van der Waals surface area contributed by atoms with Gasteiger partial charge in [0.1, 0.15) is 0 Å². The van der Waals surface area contributed by atoms with E-state index in [4.69, 9.17) is 12.2 Å². The van der Waals surface area contributed by atoms with Crippen molar-refractivity contribution in [2.75, 3.05) is 12.0 Å². The van der Waals surface area contributed by atoms with Gasteiger partial charge in [0.2, 0.25) is 0 Å². The zero-order valence-corrected chi connectivity index (χ0v) is 12.1. The number of para-hydroxylation sites is 1. The van der Waals surface area contributed by atoms with Gasteiger partial charge in [0, 0.05) is 6.54 Å². The van der Waals surface area contributed by atoms with Gasteiger partial charge in [-0.3, -0.25) is 10.9 Å². The number of aryl methyl sites for hydroxylation is 1. The number of hydrogen-bond acceptors (Lipinski definition) is 2. The molecule has 0 aliphatic rings. The molecule has 4 heteroatoms. The van der Waals surface area contributed by atoms with Gasteiger partial charge in [0.15, 0.2) is 5.11 Å². The maximum absolute atomic E-state index is 5.20. The Morgan fingerprint density at radius 1 is 0.900 bits per heavy atom. The average molecular weight is 285 g/mol. The molecule has 0 spiro atoms. The SMILES string of the molecule is S=C(NCCCc1ccccc1)NNc1ccccc1. The lowest BCUT2D eigenvalue weighted by molar-refractivity contribution is 0.766. The van der Waals surface area contributed by atoms with Gasteiger partial charge in [-0.1, -0.05) is 48.5 Å². The predicted octanol–water partition coefficient (Wildman–Crippen LogP) is 3.11. The van der Waals surface area contributed by atoms with Crippen molar-refractivity contribution < 1.29 is 0 Å². The van der Waals surface area contributed by atoms with E-state index >= 15 is 0 Å². The molecule has 0 aliphatic heterocycles. The van der Waals surface area contributed by atoms with E-state index in [1.54, 1.807) is 0 Å². The summed E-state index contributed by atoms with van der Waals surface area (Å²) < 4.78 is 0. The molecule has 2 aromatic carbocycles. The third-order valence-electron chi connectivity index (χ3n) is 2.86. The summed E-state index contributed by atoms with van der Waals surface area (Å²) in [4.78, 5) is 0. The Morgan fingerprint density at radius 3 is 2.25 bits per heavy atom. The van der Waals surface area contributed by atoms with Crippen molar-refractivity contribution >= 4 is 23.0 Å². The summed E-state index contributed by atoms with van der Waals surface area (Å²) in [5, 5.41) is 3.79. The summed E-state index contributed by atoms with van der Waals surface area (Å²) in [5.41, 5.74) is 8.36. The first-order valence-corrected chi connectivity index (χ1v) is 7.14. The maximum Gasteiger partial charge on any atom is 0.185 e. The fourth-order valence-corrected chi connectivity index (χ4v) is 1.99. The van der Waals surface area contributed by atoms with E-state index in [0.29, 0.717) is 5.11 Å². The van der Waals surface area contributed by atoms with Crippen molar-refractivity contribution in [1.82, 2.24) is 10.7 Å². The van der Waals surface area contributed by atoms with Crippen LogP contribution in [0.25, 0.3) is 0 Å². The topological polar surface area (TPSA) is 36.1 Å². The van der Waals surface area contributed by atoms with Crippen LogP contribution in [0.4, 0.5) is 5.69 Å². The van der Waals surface area contributed by atoms with E-state index in [0.717, 1.165) is 25.1 Å². The molecule has 0 radical (unpaired) electrons. The largest absolute Gasteiger partial charge is 0.361 e. The first-order chi connectivity index (χ1) is 9.84. The Hall–Kier alpha value is -2.07. The second kappa shape index (κ2) is 8.17. The number of rotatable bonds is 6. The van der Waals surface area contributed by atoms with E-state index in [1.165, 1.54) is 5.56 Å². The molecule has 0 aliphatic carbocycles. The molecule has 0 atom stereocenters. The molecule has 0 saturated carbocycles. The van der Waals surface area contributed by atoms with Crippen LogP contribution in [0.5, 0.6) is 0 Å². The molecule has 0 heterocycles. The van der Waals surface area contributed by atoms with Crippen molar-refractivity contribution in [3.05, 3.63) is 66.2 Å². The molecule has 0 unspecified atom stereocenters. The van der Waals surface area contributed by atoms with Crippen LogP contribution in [0.3, 0.4) is 0 Å². The summed E-state index contributed by atoms with van der Waals surface area (Å²) in [6.07, 6.45) is 2.11. The van der Waals surface area contributed by atoms with Gasteiger partial charge in [-0.25, -0.2) is 0 Å². The molecule has 104 valence electrons. The normalized spacial score (nSPS) is 9.80. The smallest absolute Gasteiger partial charge is 0.185 e. The molecule has 0 fully saturated rings. The van der Waals surface area contributed by atoms with Gasteiger partial charge in [-0.05, 0) is 42.8 Å². The number of thiocarbonyl (C=S) groups is 1. The van der Waals surface area contributed by atoms with E-state index < -0.39 is 0 Å². The summed E-state index contributed by atoms with van der Waals surface area (Å²) in [7, 11) is 0. The number of hydrogen-bond donors (Lipinski definition) is 3. The van der Waals surface area contributed by atoms with Crippen molar-refractivity contribution in [2.45, 2.75) is 12.8 Å². The van der Waals surface area contributed by atoms with Crippen LogP contribution in [-0.4, -0.2) is 11.7 Å². The van der Waals surface area contributed by atoms with Gasteiger partial charge in [0.05, 0.1) is 5.69 Å². The average Bonchev–Trinajstić information content (AvgIpc) is 2.52. The van der Waals surface area contributed by atoms with Crippen LogP contribution in [0, 0.1) is 0 Å². The Bertz CT molecular complexity index is 514. The highest BCUT2D eigenvalue weighted by atomic mass is 32.1. The van der Waals surface area contributed by atoms with Crippen molar-refractivity contribution in [3.63, 3.8) is 0 Å². The van der Waals surface area contributed by atoms with Gasteiger partial charge in [-0.15, -0.1) is 0 Å². The quantitative estimate of drug-likeness (QED) is 0.433. The van der Waals surface area contributed by atoms with E-state index in [2.05, 4.69) is 40.4 Å². The molecule has 0 bridgehead atoms. The van der Waals surface area contributed by atoms with Gasteiger partial charge in [-0.2, -0.15) is 0 Å². The lowest BCUT2D eigenvalue weighted by Crippen LogP contribution is -2.39. The number of anilines is 1. The van der Waals surface area contributed by atoms with Crippen LogP contribution in [0.15, 0.2) is 60.7 Å². The first kappa shape index (κ1) is 14.3. The minimum atomic E-state index is 0.613. The highest BCUT2D eigenvalue weighted by Crippen LogP contribution is 2.03. The molecular formula is C16H19N3S. The molecular weight excluding hydrogens is 266 g/mol. The second-order valence-electron chi connectivity index (χ2n) is 4.46. The maximum atomic E-state index is 5.20. The number of nitrogens with one attached hydrogen (secondary N) is 3. The van der Waals surface area contributed by atoms with E-state index in [1.807, 2.05) is 36.4 Å². The number of hydrazine groups is 1. The molecule has 0 aromatic heterocycles. The van der Waals surface area contributed by atoms with Crippen LogP contribution in [-0.2, 0) is 6.42 Å².